The molecule has 2 nitrogen and oxygen atoms in total. The maximum atomic E-state index is 4.02. The third kappa shape index (κ3) is 1.72. The van der Waals surface area contributed by atoms with Gasteiger partial charge in [-0.3, -0.25) is 4.99 Å². The molecule has 0 aromatic rings. The van der Waals surface area contributed by atoms with E-state index in [1.807, 2.05) is 12.3 Å². The smallest absolute Gasteiger partial charge is 0.0867 e. The summed E-state index contributed by atoms with van der Waals surface area (Å²) in [5.74, 6) is 0. The van der Waals surface area contributed by atoms with E-state index in [9.17, 15) is 0 Å². The predicted molar refractivity (Wildman–Crippen MR) is 39.4 cm³/mol. The molecule has 1 N–H and O–H groups in total. The van der Waals surface area contributed by atoms with Gasteiger partial charge in [-0.15, -0.1) is 6.58 Å². The second-order valence-electron chi connectivity index (χ2n) is 1.93. The first kappa shape index (κ1) is 6.08. The van der Waals surface area contributed by atoms with E-state index in [1.54, 1.807) is 6.34 Å². The fourth-order valence-electron chi connectivity index (χ4n) is 0.725. The molecule has 0 saturated carbocycles. The number of hydrogen-bond acceptors (Lipinski definition) is 2. The molecule has 0 saturated heterocycles. The van der Waals surface area contributed by atoms with Crippen molar-refractivity contribution in [2.24, 2.45) is 4.99 Å². The number of allylic oxidation sites excluding steroid dienone is 1. The van der Waals surface area contributed by atoms with E-state index < -0.39 is 0 Å². The van der Waals surface area contributed by atoms with Gasteiger partial charge < -0.3 is 5.32 Å². The van der Waals surface area contributed by atoms with E-state index >= 15 is 0 Å². The van der Waals surface area contributed by atoms with E-state index in [0.717, 1.165) is 13.0 Å². The van der Waals surface area contributed by atoms with Crippen LogP contribution in [0.4, 0.5) is 0 Å². The minimum absolute atomic E-state index is 0.818. The molecule has 0 aromatic carbocycles. The van der Waals surface area contributed by atoms with E-state index in [2.05, 4.69) is 16.9 Å². The van der Waals surface area contributed by atoms with Crippen molar-refractivity contribution in [3.63, 3.8) is 0 Å². The largest absolute Gasteiger partial charge is 0.353 e. The molecule has 1 aliphatic heterocycles. The standard InChI is InChI=1S/C7H10N2/c1-2-3-7-4-8-6-9-5-7/h2,4,6H,1,3,5H2,(H,8,9). The lowest BCUT2D eigenvalue weighted by molar-refractivity contribution is 1.00. The van der Waals surface area contributed by atoms with Crippen LogP contribution in [0, 0.1) is 0 Å². The van der Waals surface area contributed by atoms with E-state index in [-0.39, 0.29) is 0 Å². The first-order valence-corrected chi connectivity index (χ1v) is 2.96. The van der Waals surface area contributed by atoms with Crippen molar-refractivity contribution in [1.29, 1.82) is 0 Å². The maximum Gasteiger partial charge on any atom is 0.0867 e. The molecule has 0 atom stereocenters. The minimum Gasteiger partial charge on any atom is -0.353 e. The van der Waals surface area contributed by atoms with Gasteiger partial charge in [-0.1, -0.05) is 6.08 Å². The third-order valence-corrected chi connectivity index (χ3v) is 1.15. The van der Waals surface area contributed by atoms with Gasteiger partial charge in [-0.05, 0) is 12.0 Å². The molecule has 0 aromatic heterocycles. The molecule has 9 heavy (non-hydrogen) atoms. The summed E-state index contributed by atoms with van der Waals surface area (Å²) in [6.45, 7) is 4.45. The lowest BCUT2D eigenvalue weighted by Gasteiger charge is -2.04. The molecule has 0 fully saturated rings. The fraction of sp³-hybridized carbons (Fsp3) is 0.286. The lowest BCUT2D eigenvalue weighted by Crippen LogP contribution is -2.09. The van der Waals surface area contributed by atoms with Crippen LogP contribution in [0.15, 0.2) is 29.4 Å². The summed E-state index contributed by atoms with van der Waals surface area (Å²) in [7, 11) is 0. The highest BCUT2D eigenvalue weighted by molar-refractivity contribution is 5.58. The van der Waals surface area contributed by atoms with Crippen molar-refractivity contribution in [1.82, 2.24) is 5.32 Å². The van der Waals surface area contributed by atoms with E-state index in [4.69, 9.17) is 0 Å². The average molecular weight is 122 g/mol. The summed E-state index contributed by atoms with van der Waals surface area (Å²) < 4.78 is 0. The van der Waals surface area contributed by atoms with Gasteiger partial charge in [0.1, 0.15) is 0 Å². The predicted octanol–water partition coefficient (Wildman–Crippen LogP) is 1.08. The van der Waals surface area contributed by atoms with E-state index in [1.165, 1.54) is 5.57 Å². The molecule has 2 heteroatoms. The second kappa shape index (κ2) is 3.07. The number of hydrogen-bond donors (Lipinski definition) is 1. The Kier molecular flexibility index (Phi) is 2.07. The second-order valence-corrected chi connectivity index (χ2v) is 1.93. The van der Waals surface area contributed by atoms with Crippen LogP contribution in [-0.4, -0.2) is 12.9 Å². The van der Waals surface area contributed by atoms with Crippen LogP contribution in [0.2, 0.25) is 0 Å². The third-order valence-electron chi connectivity index (χ3n) is 1.15. The number of rotatable bonds is 2. The Morgan fingerprint density at radius 1 is 1.89 bits per heavy atom. The maximum absolute atomic E-state index is 4.02. The highest BCUT2D eigenvalue weighted by Crippen LogP contribution is 2.02. The Morgan fingerprint density at radius 2 is 2.78 bits per heavy atom. The van der Waals surface area contributed by atoms with E-state index in [0.29, 0.717) is 0 Å². The fourth-order valence-corrected chi connectivity index (χ4v) is 0.725. The van der Waals surface area contributed by atoms with Gasteiger partial charge in [0.15, 0.2) is 0 Å². The SMILES string of the molecule is C=CCC1=CNC=NC1. The zero-order valence-electron chi connectivity index (χ0n) is 5.30. The monoisotopic (exact) mass is 122 g/mol. The molecular formula is C7H10N2. The molecule has 1 aliphatic rings. The molecule has 1 heterocycles. The first-order valence-electron chi connectivity index (χ1n) is 2.96. The normalized spacial score (nSPS) is 16.2. The summed E-state index contributed by atoms with van der Waals surface area (Å²) in [5, 5.41) is 2.92. The van der Waals surface area contributed by atoms with Crippen molar-refractivity contribution in [2.45, 2.75) is 6.42 Å². The van der Waals surface area contributed by atoms with Crippen LogP contribution in [0.1, 0.15) is 6.42 Å². The van der Waals surface area contributed by atoms with Crippen molar-refractivity contribution < 1.29 is 0 Å². The highest BCUT2D eigenvalue weighted by atomic mass is 14.9. The molecular weight excluding hydrogens is 112 g/mol. The van der Waals surface area contributed by atoms with Gasteiger partial charge in [-0.25, -0.2) is 0 Å². The van der Waals surface area contributed by atoms with Crippen LogP contribution in [0.3, 0.4) is 0 Å². The number of aliphatic imine (C=N–C) groups is 1. The summed E-state index contributed by atoms with van der Waals surface area (Å²) in [6.07, 6.45) is 6.49. The summed E-state index contributed by atoms with van der Waals surface area (Å²) in [4.78, 5) is 4.02. The summed E-state index contributed by atoms with van der Waals surface area (Å²) >= 11 is 0. The zero-order chi connectivity index (χ0) is 6.53. The van der Waals surface area contributed by atoms with Gasteiger partial charge >= 0.3 is 0 Å². The molecule has 0 amide bonds. The number of nitrogens with one attached hydrogen (secondary N) is 1. The molecule has 0 unspecified atom stereocenters. The van der Waals surface area contributed by atoms with Gasteiger partial charge in [0.25, 0.3) is 0 Å². The highest BCUT2D eigenvalue weighted by Gasteiger charge is 1.94. The Bertz CT molecular complexity index is 152. The quantitative estimate of drug-likeness (QED) is 0.544. The van der Waals surface area contributed by atoms with Gasteiger partial charge in [0.05, 0.1) is 12.9 Å². The summed E-state index contributed by atoms with van der Waals surface area (Å²) in [5.41, 5.74) is 1.28. The Labute approximate surface area is 55.0 Å². The Hall–Kier alpha value is -1.05. The molecule has 0 aliphatic carbocycles. The van der Waals surface area contributed by atoms with Crippen LogP contribution in [0.25, 0.3) is 0 Å². The van der Waals surface area contributed by atoms with Crippen molar-refractivity contribution in [3.8, 4) is 0 Å². The van der Waals surface area contributed by atoms with Crippen LogP contribution in [0.5, 0.6) is 0 Å². The zero-order valence-corrected chi connectivity index (χ0v) is 5.30. The summed E-state index contributed by atoms with van der Waals surface area (Å²) in [6, 6.07) is 0. The first-order chi connectivity index (χ1) is 4.43. The molecule has 0 radical (unpaired) electrons. The van der Waals surface area contributed by atoms with Crippen molar-refractivity contribution >= 4 is 6.34 Å². The number of nitrogens with zero attached hydrogens (tertiary/aromatic N) is 1. The lowest BCUT2D eigenvalue weighted by atomic mass is 10.2. The molecule has 0 bridgehead atoms. The molecule has 1 rings (SSSR count). The van der Waals surface area contributed by atoms with Crippen LogP contribution in [-0.2, 0) is 0 Å². The topological polar surface area (TPSA) is 24.4 Å². The molecule has 48 valence electrons. The van der Waals surface area contributed by atoms with Crippen molar-refractivity contribution in [2.75, 3.05) is 6.54 Å². The van der Waals surface area contributed by atoms with Gasteiger partial charge in [-0.2, -0.15) is 0 Å². The molecule has 0 spiro atoms. The average Bonchev–Trinajstić information content (AvgIpc) is 1.91. The Balaban J connectivity index is 2.40. The Morgan fingerprint density at radius 3 is 3.33 bits per heavy atom. The van der Waals surface area contributed by atoms with Crippen LogP contribution < -0.4 is 5.32 Å². The van der Waals surface area contributed by atoms with Gasteiger partial charge in [0, 0.05) is 6.20 Å². The minimum atomic E-state index is 0.818. The van der Waals surface area contributed by atoms with Crippen LogP contribution >= 0.6 is 0 Å². The van der Waals surface area contributed by atoms with Gasteiger partial charge in [0.2, 0.25) is 0 Å². The van der Waals surface area contributed by atoms with Crippen molar-refractivity contribution in [3.05, 3.63) is 24.4 Å².